The molecule has 0 aliphatic carbocycles. The summed E-state index contributed by atoms with van der Waals surface area (Å²) in [7, 11) is 0. The van der Waals surface area contributed by atoms with Gasteiger partial charge in [0.05, 0.1) is 0 Å². The third kappa shape index (κ3) is 4.54. The summed E-state index contributed by atoms with van der Waals surface area (Å²) in [5.41, 5.74) is 8.02. The number of rotatable bonds is 5. The number of hydrogen-bond acceptors (Lipinski definition) is 2. The number of aryl methyl sites for hydroxylation is 1. The normalized spacial score (nSPS) is 12.5. The zero-order chi connectivity index (χ0) is 11.3. The van der Waals surface area contributed by atoms with Gasteiger partial charge >= 0.3 is 0 Å². The number of hydrogen-bond donors (Lipinski definition) is 2. The first-order valence-electron chi connectivity index (χ1n) is 5.35. The van der Waals surface area contributed by atoms with E-state index < -0.39 is 0 Å². The molecular weight excluding hydrogens is 208 g/mol. The third-order valence-electron chi connectivity index (χ3n) is 2.35. The largest absolute Gasteiger partial charge is 0.385 e. The van der Waals surface area contributed by atoms with Gasteiger partial charge in [0.25, 0.3) is 0 Å². The molecule has 0 heterocycles. The Labute approximate surface area is 96.8 Å². The van der Waals surface area contributed by atoms with Crippen molar-refractivity contribution < 1.29 is 0 Å². The van der Waals surface area contributed by atoms with Crippen molar-refractivity contribution in [1.29, 1.82) is 0 Å². The standard InChI is InChI=1S/C12H19ClN2/c1-9-5-6-11(13)8-12(9)15-7-3-4-10(2)14/h5-6,8,10,15H,3-4,7,14H2,1-2H3. The first kappa shape index (κ1) is 12.3. The lowest BCUT2D eigenvalue weighted by Crippen LogP contribution is -2.16. The van der Waals surface area contributed by atoms with E-state index in [-0.39, 0.29) is 6.04 Å². The van der Waals surface area contributed by atoms with Crippen LogP contribution in [0.5, 0.6) is 0 Å². The topological polar surface area (TPSA) is 38.0 Å². The summed E-state index contributed by atoms with van der Waals surface area (Å²) >= 11 is 5.92. The first-order chi connectivity index (χ1) is 7.09. The highest BCUT2D eigenvalue weighted by Gasteiger charge is 1.99. The molecule has 84 valence electrons. The smallest absolute Gasteiger partial charge is 0.0426 e. The average molecular weight is 227 g/mol. The van der Waals surface area contributed by atoms with E-state index in [0.29, 0.717) is 0 Å². The van der Waals surface area contributed by atoms with Crippen LogP contribution in [0.2, 0.25) is 5.02 Å². The zero-order valence-corrected chi connectivity index (χ0v) is 10.1. The fraction of sp³-hybridized carbons (Fsp3) is 0.500. The molecule has 1 aromatic rings. The molecule has 0 aliphatic rings. The second-order valence-electron chi connectivity index (χ2n) is 4.01. The maximum absolute atomic E-state index is 5.92. The van der Waals surface area contributed by atoms with Crippen molar-refractivity contribution in [2.24, 2.45) is 5.73 Å². The highest BCUT2D eigenvalue weighted by atomic mass is 35.5. The van der Waals surface area contributed by atoms with Gasteiger partial charge in [-0.25, -0.2) is 0 Å². The lowest BCUT2D eigenvalue weighted by atomic mass is 10.1. The molecule has 0 saturated heterocycles. The highest BCUT2D eigenvalue weighted by molar-refractivity contribution is 6.30. The van der Waals surface area contributed by atoms with Crippen molar-refractivity contribution >= 4 is 17.3 Å². The van der Waals surface area contributed by atoms with E-state index in [1.165, 1.54) is 5.56 Å². The summed E-state index contributed by atoms with van der Waals surface area (Å²) in [5, 5.41) is 4.14. The molecule has 0 radical (unpaired) electrons. The molecule has 0 aromatic heterocycles. The van der Waals surface area contributed by atoms with Crippen LogP contribution in [0.3, 0.4) is 0 Å². The summed E-state index contributed by atoms with van der Waals surface area (Å²) in [6.45, 7) is 5.05. The Bertz CT molecular complexity index is 310. The molecule has 0 spiro atoms. The number of benzene rings is 1. The second kappa shape index (κ2) is 5.99. The monoisotopic (exact) mass is 226 g/mol. The molecule has 0 amide bonds. The molecule has 3 N–H and O–H groups in total. The van der Waals surface area contributed by atoms with Gasteiger partial charge in [-0.1, -0.05) is 17.7 Å². The van der Waals surface area contributed by atoms with E-state index in [0.717, 1.165) is 30.1 Å². The van der Waals surface area contributed by atoms with Crippen LogP contribution in [0, 0.1) is 6.92 Å². The number of nitrogens with one attached hydrogen (secondary N) is 1. The van der Waals surface area contributed by atoms with Crippen molar-refractivity contribution in [3.8, 4) is 0 Å². The average Bonchev–Trinajstić information content (AvgIpc) is 2.17. The Balaban J connectivity index is 2.40. The van der Waals surface area contributed by atoms with Crippen molar-refractivity contribution in [3.05, 3.63) is 28.8 Å². The zero-order valence-electron chi connectivity index (χ0n) is 9.39. The second-order valence-corrected chi connectivity index (χ2v) is 4.44. The summed E-state index contributed by atoms with van der Waals surface area (Å²) in [6.07, 6.45) is 2.14. The van der Waals surface area contributed by atoms with E-state index in [4.69, 9.17) is 17.3 Å². The lowest BCUT2D eigenvalue weighted by Gasteiger charge is -2.10. The summed E-state index contributed by atoms with van der Waals surface area (Å²) < 4.78 is 0. The SMILES string of the molecule is Cc1ccc(Cl)cc1NCCCC(C)N. The molecule has 1 atom stereocenters. The molecule has 0 bridgehead atoms. The Morgan fingerprint density at radius 1 is 1.47 bits per heavy atom. The van der Waals surface area contributed by atoms with Crippen molar-refractivity contribution in [2.75, 3.05) is 11.9 Å². The maximum Gasteiger partial charge on any atom is 0.0426 e. The molecule has 1 rings (SSSR count). The van der Waals surface area contributed by atoms with Crippen LogP contribution in [-0.4, -0.2) is 12.6 Å². The van der Waals surface area contributed by atoms with Gasteiger partial charge in [0.1, 0.15) is 0 Å². The fourth-order valence-corrected chi connectivity index (χ4v) is 1.60. The van der Waals surface area contributed by atoms with Gasteiger partial charge in [0.2, 0.25) is 0 Å². The molecule has 2 nitrogen and oxygen atoms in total. The van der Waals surface area contributed by atoms with Crippen LogP contribution in [0.15, 0.2) is 18.2 Å². The van der Waals surface area contributed by atoms with Crippen molar-refractivity contribution in [1.82, 2.24) is 0 Å². The molecular formula is C12H19ClN2. The van der Waals surface area contributed by atoms with E-state index in [1.54, 1.807) is 0 Å². The number of anilines is 1. The summed E-state index contributed by atoms with van der Waals surface area (Å²) in [6, 6.07) is 6.18. The van der Waals surface area contributed by atoms with Gasteiger partial charge < -0.3 is 11.1 Å². The minimum atomic E-state index is 0.284. The van der Waals surface area contributed by atoms with E-state index >= 15 is 0 Å². The lowest BCUT2D eigenvalue weighted by molar-refractivity contribution is 0.639. The van der Waals surface area contributed by atoms with Gasteiger partial charge in [-0.2, -0.15) is 0 Å². The van der Waals surface area contributed by atoms with Gasteiger partial charge in [0.15, 0.2) is 0 Å². The van der Waals surface area contributed by atoms with Gasteiger partial charge in [-0.3, -0.25) is 0 Å². The van der Waals surface area contributed by atoms with Crippen LogP contribution in [0.1, 0.15) is 25.3 Å². The minimum absolute atomic E-state index is 0.284. The van der Waals surface area contributed by atoms with Gasteiger partial charge in [0, 0.05) is 23.3 Å². The Morgan fingerprint density at radius 3 is 2.87 bits per heavy atom. The van der Waals surface area contributed by atoms with Crippen molar-refractivity contribution in [3.63, 3.8) is 0 Å². The maximum atomic E-state index is 5.92. The summed E-state index contributed by atoms with van der Waals surface area (Å²) in [4.78, 5) is 0. The number of halogens is 1. The molecule has 1 aromatic carbocycles. The quantitative estimate of drug-likeness (QED) is 0.757. The number of nitrogens with two attached hydrogens (primary N) is 1. The van der Waals surface area contributed by atoms with Crippen LogP contribution < -0.4 is 11.1 Å². The van der Waals surface area contributed by atoms with Crippen LogP contribution >= 0.6 is 11.6 Å². The van der Waals surface area contributed by atoms with E-state index in [9.17, 15) is 0 Å². The molecule has 3 heteroatoms. The van der Waals surface area contributed by atoms with Gasteiger partial charge in [-0.05, 0) is 44.4 Å². The fourth-order valence-electron chi connectivity index (χ4n) is 1.43. The molecule has 1 unspecified atom stereocenters. The van der Waals surface area contributed by atoms with Crippen LogP contribution in [-0.2, 0) is 0 Å². The van der Waals surface area contributed by atoms with Crippen LogP contribution in [0.25, 0.3) is 0 Å². The molecule has 0 fully saturated rings. The Kier molecular flexibility index (Phi) is 4.92. The molecule has 0 aliphatic heterocycles. The minimum Gasteiger partial charge on any atom is -0.385 e. The van der Waals surface area contributed by atoms with E-state index in [2.05, 4.69) is 12.2 Å². The Hall–Kier alpha value is -0.730. The Morgan fingerprint density at radius 2 is 2.20 bits per heavy atom. The van der Waals surface area contributed by atoms with E-state index in [1.807, 2.05) is 25.1 Å². The third-order valence-corrected chi connectivity index (χ3v) is 2.59. The van der Waals surface area contributed by atoms with Crippen molar-refractivity contribution in [2.45, 2.75) is 32.7 Å². The van der Waals surface area contributed by atoms with Crippen LogP contribution in [0.4, 0.5) is 5.69 Å². The highest BCUT2D eigenvalue weighted by Crippen LogP contribution is 2.20. The van der Waals surface area contributed by atoms with Gasteiger partial charge in [-0.15, -0.1) is 0 Å². The molecule has 15 heavy (non-hydrogen) atoms. The molecule has 0 saturated carbocycles. The predicted octanol–water partition coefficient (Wildman–Crippen LogP) is 3.19. The first-order valence-corrected chi connectivity index (χ1v) is 5.73. The summed E-state index contributed by atoms with van der Waals surface area (Å²) in [5.74, 6) is 0. The predicted molar refractivity (Wildman–Crippen MR) is 67.6 cm³/mol.